The van der Waals surface area contributed by atoms with Crippen LogP contribution in [-0.4, -0.2) is 49.4 Å². The Hall–Kier alpha value is -3.83. The number of ether oxygens (including phenoxy) is 3. The number of para-hydroxylation sites is 1. The maximum absolute atomic E-state index is 14.5. The van der Waals surface area contributed by atoms with Gasteiger partial charge < -0.3 is 19.3 Å². The van der Waals surface area contributed by atoms with E-state index in [-0.39, 0.29) is 10.7 Å². The summed E-state index contributed by atoms with van der Waals surface area (Å²) < 4.78 is 45.1. The molecule has 0 radical (unpaired) electrons. The predicted octanol–water partition coefficient (Wildman–Crippen LogP) is 5.78. The number of carboxylic acid groups (broad SMARTS) is 1. The van der Waals surface area contributed by atoms with E-state index >= 15 is 0 Å². The molecule has 1 saturated carbocycles. The van der Waals surface area contributed by atoms with E-state index in [1.807, 2.05) is 18.2 Å². The van der Waals surface area contributed by atoms with Gasteiger partial charge in [-0.05, 0) is 55.4 Å². The van der Waals surface area contributed by atoms with Crippen LogP contribution in [0.2, 0.25) is 0 Å². The Balaban J connectivity index is 1.45. The molecular formula is C28H28F2N2O6S. The minimum Gasteiger partial charge on any atom is -0.496 e. The number of amides is 1. The smallest absolute Gasteiger partial charge is 0.371 e. The summed E-state index contributed by atoms with van der Waals surface area (Å²) in [6.07, 6.45) is 4.86. The Morgan fingerprint density at radius 3 is 2.59 bits per heavy atom. The Morgan fingerprint density at radius 2 is 1.95 bits per heavy atom. The first-order valence-electron chi connectivity index (χ1n) is 12.3. The van der Waals surface area contributed by atoms with Crippen molar-refractivity contribution in [2.75, 3.05) is 32.8 Å². The number of carbonyl (C=O) groups excluding carboxylic acids is 1. The monoisotopic (exact) mass is 558 g/mol. The molecule has 0 spiro atoms. The highest BCUT2D eigenvalue weighted by Gasteiger charge is 2.21. The maximum atomic E-state index is 14.5. The molecule has 1 aromatic heterocycles. The van der Waals surface area contributed by atoms with Crippen molar-refractivity contribution in [1.82, 2.24) is 4.98 Å². The third-order valence-electron chi connectivity index (χ3n) is 6.13. The largest absolute Gasteiger partial charge is 0.496 e. The highest BCUT2D eigenvalue weighted by molar-refractivity contribution is 7.14. The Morgan fingerprint density at radius 1 is 1.21 bits per heavy atom. The van der Waals surface area contributed by atoms with E-state index in [0.717, 1.165) is 67.1 Å². The van der Waals surface area contributed by atoms with Crippen molar-refractivity contribution in [2.24, 2.45) is 5.92 Å². The molecule has 0 aliphatic heterocycles. The van der Waals surface area contributed by atoms with Crippen LogP contribution in [0.1, 0.15) is 40.7 Å². The first-order chi connectivity index (χ1) is 18.8. The van der Waals surface area contributed by atoms with Crippen molar-refractivity contribution in [3.63, 3.8) is 0 Å². The number of carbonyl (C=O) groups is 2. The highest BCUT2D eigenvalue weighted by Crippen LogP contribution is 2.35. The number of nitrogens with one attached hydrogen (secondary N) is 1. The Kier molecular flexibility index (Phi) is 9.26. The summed E-state index contributed by atoms with van der Waals surface area (Å²) in [4.78, 5) is 28.2. The van der Waals surface area contributed by atoms with Crippen LogP contribution in [-0.2, 0) is 20.7 Å². The second-order valence-corrected chi connectivity index (χ2v) is 9.84. The fraction of sp³-hybridized carbons (Fsp3) is 0.321. The van der Waals surface area contributed by atoms with E-state index in [4.69, 9.17) is 14.6 Å². The third kappa shape index (κ3) is 7.18. The summed E-state index contributed by atoms with van der Waals surface area (Å²) in [6.45, 7) is 1.51. The Bertz CT molecular complexity index is 1360. The summed E-state index contributed by atoms with van der Waals surface area (Å²) in [7, 11) is 2.66. The van der Waals surface area contributed by atoms with E-state index in [9.17, 15) is 18.4 Å². The summed E-state index contributed by atoms with van der Waals surface area (Å²) in [6, 6.07) is 7.40. The van der Waals surface area contributed by atoms with Gasteiger partial charge in [0.2, 0.25) is 5.76 Å². The molecular weight excluding hydrogens is 530 g/mol. The van der Waals surface area contributed by atoms with Crippen LogP contribution in [0.25, 0.3) is 17.3 Å². The van der Waals surface area contributed by atoms with Crippen molar-refractivity contribution in [1.29, 1.82) is 0 Å². The zero-order chi connectivity index (χ0) is 27.9. The van der Waals surface area contributed by atoms with Crippen LogP contribution in [0.15, 0.2) is 41.5 Å². The summed E-state index contributed by atoms with van der Waals surface area (Å²) >= 11 is 1.15. The lowest BCUT2D eigenvalue weighted by atomic mass is 10.0. The molecule has 39 heavy (non-hydrogen) atoms. The second-order valence-electron chi connectivity index (χ2n) is 8.98. The van der Waals surface area contributed by atoms with Gasteiger partial charge in [0.15, 0.2) is 5.13 Å². The number of rotatable bonds is 13. The highest BCUT2D eigenvalue weighted by atomic mass is 32.1. The zero-order valence-corrected chi connectivity index (χ0v) is 22.3. The first kappa shape index (κ1) is 28.2. The molecule has 1 aliphatic rings. The molecule has 1 fully saturated rings. The van der Waals surface area contributed by atoms with Gasteiger partial charge in [-0.25, -0.2) is 18.6 Å². The number of anilines is 1. The number of halogens is 2. The molecule has 2 N–H and O–H groups in total. The molecule has 1 amide bonds. The number of hydrogen-bond acceptors (Lipinski definition) is 7. The van der Waals surface area contributed by atoms with Gasteiger partial charge in [-0.2, -0.15) is 0 Å². The van der Waals surface area contributed by atoms with Gasteiger partial charge >= 0.3 is 5.97 Å². The SMILES string of the molecule is CO/C(=C\c1c(F)cc(C(=O)Nc2nc(-c3cccc(CCCOCC4CC4)c3OC)cs2)cc1F)C(=O)O. The van der Waals surface area contributed by atoms with Crippen LogP contribution < -0.4 is 10.1 Å². The van der Waals surface area contributed by atoms with Crippen LogP contribution in [0, 0.1) is 17.6 Å². The summed E-state index contributed by atoms with van der Waals surface area (Å²) in [5.74, 6) is -3.73. The Labute approximate surface area is 228 Å². The fourth-order valence-electron chi connectivity index (χ4n) is 3.94. The average Bonchev–Trinajstić information content (AvgIpc) is 3.63. The second kappa shape index (κ2) is 12.8. The normalized spacial score (nSPS) is 13.3. The van der Waals surface area contributed by atoms with Gasteiger partial charge in [0.1, 0.15) is 17.4 Å². The first-order valence-corrected chi connectivity index (χ1v) is 13.2. The summed E-state index contributed by atoms with van der Waals surface area (Å²) in [5.41, 5.74) is 1.42. The molecule has 11 heteroatoms. The van der Waals surface area contributed by atoms with E-state index < -0.39 is 34.8 Å². The van der Waals surface area contributed by atoms with Crippen molar-refractivity contribution in [3.05, 3.63) is 69.8 Å². The number of methoxy groups -OCH3 is 2. The molecule has 0 bridgehead atoms. The van der Waals surface area contributed by atoms with Crippen LogP contribution in [0.4, 0.5) is 13.9 Å². The molecule has 0 atom stereocenters. The van der Waals surface area contributed by atoms with Gasteiger partial charge in [0, 0.05) is 41.4 Å². The molecule has 4 rings (SSSR count). The predicted molar refractivity (Wildman–Crippen MR) is 143 cm³/mol. The number of carboxylic acids is 1. The summed E-state index contributed by atoms with van der Waals surface area (Å²) in [5, 5.41) is 13.5. The quantitative estimate of drug-likeness (QED) is 0.156. The van der Waals surface area contributed by atoms with Crippen molar-refractivity contribution in [3.8, 4) is 17.0 Å². The number of hydrogen-bond donors (Lipinski definition) is 2. The molecule has 0 saturated heterocycles. The van der Waals surface area contributed by atoms with Gasteiger partial charge in [-0.15, -0.1) is 11.3 Å². The van der Waals surface area contributed by atoms with Gasteiger partial charge in [-0.3, -0.25) is 10.1 Å². The van der Waals surface area contributed by atoms with Crippen LogP contribution >= 0.6 is 11.3 Å². The number of thiazole rings is 1. The van der Waals surface area contributed by atoms with E-state index in [1.165, 1.54) is 12.8 Å². The minimum absolute atomic E-state index is 0.230. The lowest BCUT2D eigenvalue weighted by molar-refractivity contribution is -0.135. The van der Waals surface area contributed by atoms with Crippen LogP contribution in [0.3, 0.4) is 0 Å². The maximum Gasteiger partial charge on any atom is 0.371 e. The number of nitrogens with zero attached hydrogens (tertiary/aromatic N) is 1. The van der Waals surface area contributed by atoms with E-state index in [1.54, 1.807) is 12.5 Å². The number of aliphatic carboxylic acids is 1. The van der Waals surface area contributed by atoms with Crippen molar-refractivity contribution < 1.29 is 37.7 Å². The number of aryl methyl sites for hydroxylation is 1. The lowest BCUT2D eigenvalue weighted by Gasteiger charge is -2.12. The third-order valence-corrected chi connectivity index (χ3v) is 6.89. The average molecular weight is 559 g/mol. The molecule has 8 nitrogen and oxygen atoms in total. The molecule has 2 aromatic carbocycles. The molecule has 206 valence electrons. The molecule has 0 unspecified atom stereocenters. The van der Waals surface area contributed by atoms with Crippen molar-refractivity contribution >= 4 is 34.4 Å². The van der Waals surface area contributed by atoms with Gasteiger partial charge in [0.05, 0.1) is 19.9 Å². The van der Waals surface area contributed by atoms with Crippen molar-refractivity contribution in [2.45, 2.75) is 25.7 Å². The van der Waals surface area contributed by atoms with Gasteiger partial charge in [0.25, 0.3) is 5.91 Å². The zero-order valence-electron chi connectivity index (χ0n) is 21.5. The molecule has 1 aliphatic carbocycles. The van der Waals surface area contributed by atoms with Crippen LogP contribution in [0.5, 0.6) is 5.75 Å². The molecule has 3 aromatic rings. The van der Waals surface area contributed by atoms with Gasteiger partial charge in [-0.1, -0.05) is 12.1 Å². The minimum atomic E-state index is -1.49. The standard InChI is InChI=1S/C28H28F2N2O6S/c1-36-24(27(34)35)13-20-21(29)11-18(12-22(20)30)26(33)32-28-31-23(15-39-28)19-7-3-5-17(25(19)37-2)6-4-10-38-14-16-8-9-16/h3,5,7,11-13,15-16H,4,6,8-10,14H2,1-2H3,(H,34,35)(H,31,32,33)/b24-13-. The van der Waals surface area contributed by atoms with E-state index in [2.05, 4.69) is 15.0 Å². The topological polar surface area (TPSA) is 107 Å². The molecule has 1 heterocycles. The van der Waals surface area contributed by atoms with E-state index in [0.29, 0.717) is 24.1 Å². The number of aromatic nitrogens is 1. The number of benzene rings is 2. The fourth-order valence-corrected chi connectivity index (χ4v) is 4.65. The lowest BCUT2D eigenvalue weighted by Crippen LogP contribution is -2.13.